The molecule has 0 aromatic heterocycles. The quantitative estimate of drug-likeness (QED) is 0.330. The number of benzene rings is 2. The van der Waals surface area contributed by atoms with Crippen molar-refractivity contribution in [2.75, 3.05) is 14.2 Å². The summed E-state index contributed by atoms with van der Waals surface area (Å²) >= 11 is 10.2. The number of hydrogen-bond acceptors (Lipinski definition) is 4. The Kier molecular flexibility index (Phi) is 11.1. The summed E-state index contributed by atoms with van der Waals surface area (Å²) in [6, 6.07) is 8.01. The van der Waals surface area contributed by atoms with Gasteiger partial charge >= 0.3 is 0 Å². The summed E-state index contributed by atoms with van der Waals surface area (Å²) in [7, 11) is 3.23. The normalized spacial score (nSPS) is 9.90. The molecule has 0 fully saturated rings. The van der Waals surface area contributed by atoms with Crippen molar-refractivity contribution >= 4 is 59.9 Å². The molecule has 0 atom stereocenters. The third-order valence-corrected chi connectivity index (χ3v) is 5.97. The van der Waals surface area contributed by atoms with E-state index in [0.717, 1.165) is 35.9 Å². The highest BCUT2D eigenvalue weighted by Gasteiger charge is 2.13. The van der Waals surface area contributed by atoms with E-state index in [4.69, 9.17) is 20.0 Å². The smallest absolute Gasteiger partial charge is 0.140 e. The number of nitrogens with zero attached hydrogens (tertiary/aromatic N) is 2. The van der Waals surface area contributed by atoms with Crippen LogP contribution < -0.4 is 9.47 Å². The summed E-state index contributed by atoms with van der Waals surface area (Å²) in [6.07, 6.45) is 4.96. The zero-order valence-corrected chi connectivity index (χ0v) is 23.0. The first-order valence-electron chi connectivity index (χ1n) is 9.13. The molecule has 0 aliphatic carbocycles. The van der Waals surface area contributed by atoms with Gasteiger partial charge in [-0.15, -0.1) is 0 Å². The zero-order chi connectivity index (χ0) is 23.7. The molecule has 0 radical (unpaired) electrons. The topological polar surface area (TPSA) is 66.0 Å². The van der Waals surface area contributed by atoms with Crippen LogP contribution in [-0.2, 0) is 0 Å². The van der Waals surface area contributed by atoms with Gasteiger partial charge in [-0.25, -0.2) is 0 Å². The minimum absolute atomic E-state index is 0.470. The van der Waals surface area contributed by atoms with E-state index in [9.17, 15) is 0 Å². The van der Waals surface area contributed by atoms with Crippen molar-refractivity contribution in [1.29, 1.82) is 10.5 Å². The van der Waals surface area contributed by atoms with Crippen LogP contribution in [-0.4, -0.2) is 14.2 Å². The van der Waals surface area contributed by atoms with E-state index in [1.54, 1.807) is 20.3 Å². The second-order valence-corrected chi connectivity index (χ2v) is 10.1. The first-order chi connectivity index (χ1) is 14.6. The van der Waals surface area contributed by atoms with Crippen LogP contribution in [0.3, 0.4) is 0 Å². The van der Waals surface area contributed by atoms with Crippen LogP contribution in [0.4, 0.5) is 0 Å². The molecule has 0 heterocycles. The Bertz CT molecular complexity index is 1100. The highest BCUT2D eigenvalue weighted by Crippen LogP contribution is 2.36. The summed E-state index contributed by atoms with van der Waals surface area (Å²) in [6.45, 7) is 7.98. The number of allylic oxidation sites excluding steroid dienone is 1. The lowest BCUT2D eigenvalue weighted by atomic mass is 9.98. The van der Waals surface area contributed by atoms with Crippen molar-refractivity contribution < 1.29 is 9.47 Å². The molecule has 2 aromatic carbocycles. The number of ether oxygens (including phenoxy) is 2. The summed E-state index contributed by atoms with van der Waals surface area (Å²) in [5.41, 5.74) is 6.62. The molecule has 0 N–H and O–H groups in total. The number of hydrogen-bond donors (Lipinski definition) is 0. The lowest BCUT2D eigenvalue weighted by Gasteiger charge is -2.12. The van der Waals surface area contributed by atoms with Gasteiger partial charge < -0.3 is 9.47 Å². The highest BCUT2D eigenvalue weighted by molar-refractivity contribution is 9.28. The monoisotopic (exact) mass is 608 g/mol. The van der Waals surface area contributed by atoms with E-state index in [-0.39, 0.29) is 0 Å². The molecule has 0 bridgehead atoms. The van der Waals surface area contributed by atoms with Crippen molar-refractivity contribution in [3.63, 3.8) is 0 Å². The molecule has 0 unspecified atom stereocenters. The minimum atomic E-state index is 0.470. The molecular weight excluding hydrogens is 588 g/mol. The van der Waals surface area contributed by atoms with Gasteiger partial charge in [-0.3, -0.25) is 0 Å². The average molecular weight is 611 g/mol. The molecule has 4 nitrogen and oxygen atoms in total. The average Bonchev–Trinajstić information content (AvgIpc) is 2.73. The van der Waals surface area contributed by atoms with Crippen LogP contribution in [0, 0.1) is 50.4 Å². The van der Waals surface area contributed by atoms with Gasteiger partial charge in [-0.05, 0) is 121 Å². The number of aryl methyl sites for hydroxylation is 2. The van der Waals surface area contributed by atoms with Crippen molar-refractivity contribution in [2.45, 2.75) is 27.7 Å². The largest absolute Gasteiger partial charge is 0.495 e. The lowest BCUT2D eigenvalue weighted by molar-refractivity contribution is 0.408. The molecule has 0 aliphatic rings. The second kappa shape index (κ2) is 12.7. The highest BCUT2D eigenvalue weighted by atomic mass is 79.9. The summed E-state index contributed by atoms with van der Waals surface area (Å²) in [5, 5.41) is 17.6. The molecule has 2 rings (SSSR count). The van der Waals surface area contributed by atoms with E-state index < -0.39 is 0 Å². The maximum Gasteiger partial charge on any atom is 0.140 e. The number of nitriles is 2. The van der Waals surface area contributed by atoms with Crippen LogP contribution in [0.1, 0.15) is 38.9 Å². The van der Waals surface area contributed by atoms with Crippen molar-refractivity contribution in [3.05, 3.63) is 65.0 Å². The lowest BCUT2D eigenvalue weighted by Crippen LogP contribution is -1.97. The van der Waals surface area contributed by atoms with Gasteiger partial charge in [-0.2, -0.15) is 10.5 Å². The molecule has 162 valence electrons. The fraction of sp³-hybridized carbons (Fsp3) is 0.250. The van der Waals surface area contributed by atoms with Gasteiger partial charge in [0.25, 0.3) is 0 Å². The van der Waals surface area contributed by atoms with E-state index >= 15 is 0 Å². The van der Waals surface area contributed by atoms with Gasteiger partial charge in [0.1, 0.15) is 23.1 Å². The minimum Gasteiger partial charge on any atom is -0.495 e. The second-order valence-electron chi connectivity index (χ2n) is 6.58. The molecule has 0 aliphatic heterocycles. The maximum atomic E-state index is 9.10. The van der Waals surface area contributed by atoms with Gasteiger partial charge in [0.15, 0.2) is 0 Å². The Morgan fingerprint density at radius 2 is 1.42 bits per heavy atom. The fourth-order valence-corrected chi connectivity index (χ4v) is 4.07. The van der Waals surface area contributed by atoms with Crippen LogP contribution in [0.5, 0.6) is 11.5 Å². The number of methoxy groups -OCH3 is 2. The van der Waals surface area contributed by atoms with Crippen LogP contribution in [0.2, 0.25) is 0 Å². The zero-order valence-electron chi connectivity index (χ0n) is 18.2. The first-order valence-corrected chi connectivity index (χ1v) is 11.5. The predicted molar refractivity (Wildman–Crippen MR) is 138 cm³/mol. The molecular formula is C24H23Br3N2O2. The first kappa shape index (κ1) is 27.0. The SMILES string of the molecule is COc1c(C)c(C)cc(C=C(Br)Br)c1Br.COc1c(C)c(C)cc(C=CC#N)c1C#N. The maximum absolute atomic E-state index is 9.10. The van der Waals surface area contributed by atoms with Crippen molar-refractivity contribution in [1.82, 2.24) is 0 Å². The third-order valence-electron chi connectivity index (χ3n) is 4.70. The molecule has 0 saturated heterocycles. The van der Waals surface area contributed by atoms with Crippen molar-refractivity contribution in [3.8, 4) is 23.6 Å². The van der Waals surface area contributed by atoms with E-state index in [0.29, 0.717) is 16.9 Å². The molecule has 31 heavy (non-hydrogen) atoms. The standard InChI is InChI=1S/C13H12N2O.C11H11Br3O/c1-9-7-11(5-4-6-14)12(8-15)13(16-3)10(9)2;1-6-4-8(5-9(12)13)10(14)11(15-3)7(6)2/h4-5,7H,1-3H3;4-5H,1-3H3. The Morgan fingerprint density at radius 3 is 1.87 bits per heavy atom. The van der Waals surface area contributed by atoms with Gasteiger partial charge in [0, 0.05) is 6.08 Å². The Balaban J connectivity index is 0.000000311. The van der Waals surface area contributed by atoms with Crippen LogP contribution >= 0.6 is 47.8 Å². The number of halogens is 3. The summed E-state index contributed by atoms with van der Waals surface area (Å²) in [5.74, 6) is 1.47. The van der Waals surface area contributed by atoms with Gasteiger partial charge in [0.2, 0.25) is 0 Å². The Morgan fingerprint density at radius 1 is 0.903 bits per heavy atom. The van der Waals surface area contributed by atoms with E-state index in [2.05, 4.69) is 73.8 Å². The van der Waals surface area contributed by atoms with E-state index in [1.807, 2.05) is 32.1 Å². The number of rotatable bonds is 4. The Labute approximate surface area is 209 Å². The fourth-order valence-electron chi connectivity index (χ4n) is 2.89. The van der Waals surface area contributed by atoms with Gasteiger partial charge in [-0.1, -0.05) is 12.1 Å². The van der Waals surface area contributed by atoms with Gasteiger partial charge in [0.05, 0.1) is 28.2 Å². The molecule has 0 saturated carbocycles. The Hall–Kier alpha value is -2.06. The third kappa shape index (κ3) is 6.97. The molecule has 0 amide bonds. The molecule has 7 heteroatoms. The summed E-state index contributed by atoms with van der Waals surface area (Å²) in [4.78, 5) is 0. The predicted octanol–water partition coefficient (Wildman–Crippen LogP) is 7.88. The molecule has 2 aromatic rings. The summed E-state index contributed by atoms with van der Waals surface area (Å²) < 4.78 is 12.5. The van der Waals surface area contributed by atoms with Crippen molar-refractivity contribution in [2.24, 2.45) is 0 Å². The molecule has 0 spiro atoms. The van der Waals surface area contributed by atoms with E-state index in [1.165, 1.54) is 11.6 Å². The van der Waals surface area contributed by atoms with Crippen LogP contribution in [0.25, 0.3) is 12.2 Å². The van der Waals surface area contributed by atoms with Crippen LogP contribution in [0.15, 0.2) is 26.1 Å².